The summed E-state index contributed by atoms with van der Waals surface area (Å²) in [5.41, 5.74) is -1.13. The van der Waals surface area contributed by atoms with Crippen LogP contribution in [-0.4, -0.2) is 38.4 Å². The zero-order chi connectivity index (χ0) is 15.5. The summed E-state index contributed by atoms with van der Waals surface area (Å²) in [6.45, 7) is 2.21. The second-order valence-corrected chi connectivity index (χ2v) is 5.09. The van der Waals surface area contributed by atoms with Crippen molar-refractivity contribution in [1.29, 1.82) is 0 Å². The number of hydrogen-bond acceptors (Lipinski definition) is 4. The summed E-state index contributed by atoms with van der Waals surface area (Å²) in [6, 6.07) is 4.26. The summed E-state index contributed by atoms with van der Waals surface area (Å²) in [6.07, 6.45) is -0.113. The molecule has 0 bridgehead atoms. The van der Waals surface area contributed by atoms with E-state index in [1.165, 1.54) is 19.2 Å². The third-order valence-corrected chi connectivity index (χ3v) is 3.72. The van der Waals surface area contributed by atoms with Crippen LogP contribution in [0, 0.1) is 5.82 Å². The minimum Gasteiger partial charge on any atom is -0.494 e. The molecule has 21 heavy (non-hydrogen) atoms. The molecule has 1 heterocycles. The van der Waals surface area contributed by atoms with Crippen molar-refractivity contribution in [3.63, 3.8) is 0 Å². The van der Waals surface area contributed by atoms with Gasteiger partial charge in [0.2, 0.25) is 0 Å². The number of carbonyl (C=O) groups is 1. The van der Waals surface area contributed by atoms with Gasteiger partial charge in [-0.2, -0.15) is 0 Å². The molecule has 0 saturated carbocycles. The summed E-state index contributed by atoms with van der Waals surface area (Å²) in [7, 11) is 1.36. The Hall–Kier alpha value is -1.69. The van der Waals surface area contributed by atoms with Crippen LogP contribution in [0.15, 0.2) is 18.2 Å². The Morgan fingerprint density at radius 2 is 2.19 bits per heavy atom. The largest absolute Gasteiger partial charge is 0.494 e. The number of rotatable bonds is 6. The normalized spacial score (nSPS) is 17.7. The summed E-state index contributed by atoms with van der Waals surface area (Å²) >= 11 is 0. The highest BCUT2D eigenvalue weighted by Gasteiger charge is 2.46. The van der Waals surface area contributed by atoms with Gasteiger partial charge in [0.1, 0.15) is 5.67 Å². The highest BCUT2D eigenvalue weighted by molar-refractivity contribution is 5.71. The second-order valence-electron chi connectivity index (χ2n) is 5.09. The minimum atomic E-state index is -1.56. The average molecular weight is 299 g/mol. The molecule has 6 heteroatoms. The fourth-order valence-electron chi connectivity index (χ4n) is 2.50. The number of hydrogen-bond donors (Lipinski definition) is 1. The molecule has 1 aliphatic rings. The molecule has 116 valence electrons. The van der Waals surface area contributed by atoms with E-state index >= 15 is 0 Å². The van der Waals surface area contributed by atoms with Gasteiger partial charge in [-0.05, 0) is 24.6 Å². The Labute approximate surface area is 122 Å². The van der Waals surface area contributed by atoms with E-state index in [1.54, 1.807) is 13.0 Å². The van der Waals surface area contributed by atoms with Crippen LogP contribution in [0.4, 0.5) is 8.78 Å². The second kappa shape index (κ2) is 6.39. The lowest BCUT2D eigenvalue weighted by Gasteiger charge is -2.41. The van der Waals surface area contributed by atoms with E-state index in [0.29, 0.717) is 5.56 Å². The summed E-state index contributed by atoms with van der Waals surface area (Å²) < 4.78 is 38.3. The Morgan fingerprint density at radius 3 is 2.67 bits per heavy atom. The van der Waals surface area contributed by atoms with E-state index in [0.717, 1.165) is 0 Å². The minimum absolute atomic E-state index is 0.0910. The molecule has 1 unspecified atom stereocenters. The summed E-state index contributed by atoms with van der Waals surface area (Å²) in [4.78, 5) is 11.7. The lowest BCUT2D eigenvalue weighted by atomic mass is 9.77. The van der Waals surface area contributed by atoms with Crippen molar-refractivity contribution in [3.8, 4) is 5.75 Å². The molecule has 1 saturated heterocycles. The van der Waals surface area contributed by atoms with Crippen molar-refractivity contribution in [2.45, 2.75) is 24.9 Å². The number of halogens is 2. The first kappa shape index (κ1) is 15.7. The molecule has 0 amide bonds. The van der Waals surface area contributed by atoms with Crippen molar-refractivity contribution in [2.24, 2.45) is 0 Å². The number of methoxy groups -OCH3 is 1. The molecule has 1 fully saturated rings. The monoisotopic (exact) mass is 299 g/mol. The Morgan fingerprint density at radius 1 is 1.48 bits per heavy atom. The molecule has 0 aliphatic carbocycles. The number of benzene rings is 1. The van der Waals surface area contributed by atoms with Gasteiger partial charge in [-0.3, -0.25) is 4.79 Å². The Kier molecular flexibility index (Phi) is 4.77. The van der Waals surface area contributed by atoms with Crippen LogP contribution in [-0.2, 0) is 9.53 Å². The third kappa shape index (κ3) is 3.32. The van der Waals surface area contributed by atoms with E-state index in [2.05, 4.69) is 5.32 Å². The molecule has 4 nitrogen and oxygen atoms in total. The van der Waals surface area contributed by atoms with Crippen molar-refractivity contribution in [1.82, 2.24) is 5.32 Å². The lowest BCUT2D eigenvalue weighted by Crippen LogP contribution is -2.60. The van der Waals surface area contributed by atoms with E-state index in [9.17, 15) is 13.6 Å². The molecule has 1 atom stereocenters. The van der Waals surface area contributed by atoms with E-state index in [-0.39, 0.29) is 31.9 Å². The molecule has 0 aromatic heterocycles. The van der Waals surface area contributed by atoms with Crippen LogP contribution in [0.2, 0.25) is 0 Å². The van der Waals surface area contributed by atoms with Gasteiger partial charge in [-0.15, -0.1) is 0 Å². The third-order valence-electron chi connectivity index (χ3n) is 3.72. The molecular weight excluding hydrogens is 280 g/mol. The van der Waals surface area contributed by atoms with Crippen LogP contribution in [0.1, 0.15) is 24.8 Å². The smallest absolute Gasteiger partial charge is 0.306 e. The Balaban J connectivity index is 2.26. The quantitative estimate of drug-likeness (QED) is 0.818. The van der Waals surface area contributed by atoms with Gasteiger partial charge in [-0.1, -0.05) is 6.07 Å². The predicted molar refractivity (Wildman–Crippen MR) is 73.7 cm³/mol. The van der Waals surface area contributed by atoms with Crippen molar-refractivity contribution >= 4 is 5.97 Å². The first-order valence-electron chi connectivity index (χ1n) is 6.89. The topological polar surface area (TPSA) is 47.6 Å². The molecule has 1 aliphatic heterocycles. The maximum absolute atomic E-state index is 14.7. The van der Waals surface area contributed by atoms with Crippen LogP contribution in [0.25, 0.3) is 0 Å². The van der Waals surface area contributed by atoms with Crippen molar-refractivity contribution < 1.29 is 23.0 Å². The van der Waals surface area contributed by atoms with Gasteiger partial charge in [0.25, 0.3) is 0 Å². The van der Waals surface area contributed by atoms with Crippen molar-refractivity contribution in [2.75, 3.05) is 26.8 Å². The SMILES string of the molecule is CCOC(=O)CC(c1ccc(OC)c(F)c1)C1(F)CNC1. The van der Waals surface area contributed by atoms with Gasteiger partial charge in [0.05, 0.1) is 20.1 Å². The molecule has 0 radical (unpaired) electrons. The van der Waals surface area contributed by atoms with Crippen molar-refractivity contribution in [3.05, 3.63) is 29.6 Å². The van der Waals surface area contributed by atoms with Crippen LogP contribution in [0.3, 0.4) is 0 Å². The van der Waals surface area contributed by atoms with Crippen LogP contribution < -0.4 is 10.1 Å². The highest BCUT2D eigenvalue weighted by atomic mass is 19.1. The van der Waals surface area contributed by atoms with Crippen LogP contribution in [0.5, 0.6) is 5.75 Å². The first-order chi connectivity index (χ1) is 10.00. The predicted octanol–water partition coefficient (Wildman–Crippen LogP) is 2.18. The zero-order valence-electron chi connectivity index (χ0n) is 12.1. The van der Waals surface area contributed by atoms with E-state index < -0.39 is 23.4 Å². The summed E-state index contributed by atoms with van der Waals surface area (Å²) in [5, 5.41) is 2.85. The molecule has 0 spiro atoms. The number of ether oxygens (including phenoxy) is 2. The molecule has 1 aromatic rings. The van der Waals surface area contributed by atoms with Gasteiger partial charge in [0.15, 0.2) is 11.6 Å². The highest BCUT2D eigenvalue weighted by Crippen LogP contribution is 2.39. The van der Waals surface area contributed by atoms with Gasteiger partial charge in [0, 0.05) is 19.0 Å². The summed E-state index contributed by atoms with van der Waals surface area (Å²) in [5.74, 6) is -1.70. The van der Waals surface area contributed by atoms with E-state index in [1.807, 2.05) is 0 Å². The van der Waals surface area contributed by atoms with E-state index in [4.69, 9.17) is 9.47 Å². The number of carbonyl (C=O) groups excluding carboxylic acids is 1. The molecule has 1 aromatic carbocycles. The number of nitrogens with one attached hydrogen (secondary N) is 1. The fraction of sp³-hybridized carbons (Fsp3) is 0.533. The van der Waals surface area contributed by atoms with Crippen LogP contribution >= 0.6 is 0 Å². The maximum atomic E-state index is 14.7. The number of esters is 1. The molecule has 2 rings (SSSR count). The molecular formula is C15H19F2NO3. The lowest BCUT2D eigenvalue weighted by molar-refractivity contribution is -0.145. The Bertz CT molecular complexity index is 518. The average Bonchev–Trinajstić information content (AvgIpc) is 2.42. The van der Waals surface area contributed by atoms with Gasteiger partial charge in [-0.25, -0.2) is 8.78 Å². The maximum Gasteiger partial charge on any atom is 0.306 e. The van der Waals surface area contributed by atoms with Gasteiger partial charge >= 0.3 is 5.97 Å². The first-order valence-corrected chi connectivity index (χ1v) is 6.89. The standard InChI is InChI=1S/C15H19F2NO3/c1-3-21-14(19)7-11(15(17)8-18-9-15)10-4-5-13(20-2)12(16)6-10/h4-6,11,18H,3,7-9H2,1-2H3. The van der Waals surface area contributed by atoms with Gasteiger partial charge < -0.3 is 14.8 Å². The number of alkyl halides is 1. The zero-order valence-corrected chi connectivity index (χ0v) is 12.1. The molecule has 1 N–H and O–H groups in total. The fourth-order valence-corrected chi connectivity index (χ4v) is 2.50.